The molecule has 0 amide bonds. The molecule has 14 heavy (non-hydrogen) atoms. The van der Waals surface area contributed by atoms with Crippen LogP contribution in [0.5, 0.6) is 0 Å². The van der Waals surface area contributed by atoms with Gasteiger partial charge in [-0.05, 0) is 38.1 Å². The molecule has 2 nitrogen and oxygen atoms in total. The molecular weight excluding hydrogens is 219 g/mol. The van der Waals surface area contributed by atoms with Crippen molar-refractivity contribution < 1.29 is 0 Å². The third-order valence-electron chi connectivity index (χ3n) is 2.59. The zero-order valence-electron chi connectivity index (χ0n) is 8.22. The molecule has 80 valence electrons. The maximum atomic E-state index is 4.14. The lowest BCUT2D eigenvalue weighted by atomic mass is 10.1. The van der Waals surface area contributed by atoms with E-state index in [2.05, 4.69) is 23.0 Å². The van der Waals surface area contributed by atoms with Crippen LogP contribution in [0.2, 0.25) is 0 Å². The highest BCUT2D eigenvalue weighted by Crippen LogP contribution is 2.29. The Morgan fingerprint density at radius 2 is 2.21 bits per heavy atom. The minimum Gasteiger partial charge on any atom is -0.299 e. The lowest BCUT2D eigenvalue weighted by Gasteiger charge is -2.18. The summed E-state index contributed by atoms with van der Waals surface area (Å²) in [6, 6.07) is 4.79. The Balaban J connectivity index is 0.000000845. The van der Waals surface area contributed by atoms with E-state index >= 15 is 0 Å². The summed E-state index contributed by atoms with van der Waals surface area (Å²) >= 11 is 0. The molecule has 0 bridgehead atoms. The summed E-state index contributed by atoms with van der Waals surface area (Å²) in [5, 5.41) is 0. The summed E-state index contributed by atoms with van der Waals surface area (Å²) in [7, 11) is 2.19. The second-order valence-corrected chi connectivity index (χ2v) is 3.42. The zero-order valence-corrected chi connectivity index (χ0v) is 9.85. The average Bonchev–Trinajstić information content (AvgIpc) is 2.53. The van der Waals surface area contributed by atoms with Crippen LogP contribution in [0.15, 0.2) is 24.5 Å². The van der Waals surface area contributed by atoms with Gasteiger partial charge in [-0.3, -0.25) is 9.88 Å². The molecule has 1 fully saturated rings. The normalized spacial score (nSPS) is 21.1. The first-order valence-corrected chi connectivity index (χ1v) is 4.48. The number of rotatable bonds is 1. The summed E-state index contributed by atoms with van der Waals surface area (Å²) in [5.74, 6) is 0. The van der Waals surface area contributed by atoms with Crippen LogP contribution in [0.25, 0.3) is 0 Å². The van der Waals surface area contributed by atoms with Gasteiger partial charge in [0.2, 0.25) is 0 Å². The SMILES string of the molecule is CN1CCCC1c1cccnc1.Cl.Cl. The standard InChI is InChI=1S/C10H14N2.2ClH/c1-12-7-3-5-10(12)9-4-2-6-11-8-9;;/h2,4,6,8,10H,3,5,7H2,1H3;2*1H. The Labute approximate surface area is 97.5 Å². The monoisotopic (exact) mass is 234 g/mol. The Morgan fingerprint density at radius 1 is 1.43 bits per heavy atom. The molecule has 1 aromatic heterocycles. The molecule has 0 aromatic carbocycles. The van der Waals surface area contributed by atoms with Gasteiger partial charge in [-0.1, -0.05) is 6.07 Å². The van der Waals surface area contributed by atoms with Crippen LogP contribution in [0.1, 0.15) is 24.4 Å². The van der Waals surface area contributed by atoms with Gasteiger partial charge in [0.15, 0.2) is 0 Å². The Morgan fingerprint density at radius 3 is 2.71 bits per heavy atom. The first-order chi connectivity index (χ1) is 5.88. The summed E-state index contributed by atoms with van der Waals surface area (Å²) in [5.41, 5.74) is 1.36. The van der Waals surface area contributed by atoms with Crippen LogP contribution in [0.4, 0.5) is 0 Å². The fraction of sp³-hybridized carbons (Fsp3) is 0.500. The molecule has 0 spiro atoms. The van der Waals surface area contributed by atoms with E-state index in [0.29, 0.717) is 6.04 Å². The maximum absolute atomic E-state index is 4.14. The van der Waals surface area contributed by atoms with Gasteiger partial charge in [-0.2, -0.15) is 0 Å². The second-order valence-electron chi connectivity index (χ2n) is 3.42. The second kappa shape index (κ2) is 6.23. The van der Waals surface area contributed by atoms with Crippen LogP contribution in [0.3, 0.4) is 0 Å². The topological polar surface area (TPSA) is 16.1 Å². The minimum atomic E-state index is 0. The molecule has 2 heterocycles. The molecule has 1 saturated heterocycles. The van der Waals surface area contributed by atoms with Crippen molar-refractivity contribution in [2.45, 2.75) is 18.9 Å². The van der Waals surface area contributed by atoms with Gasteiger partial charge >= 0.3 is 0 Å². The van der Waals surface area contributed by atoms with Crippen molar-refractivity contribution in [3.63, 3.8) is 0 Å². The molecule has 1 unspecified atom stereocenters. The molecule has 2 rings (SSSR count). The quantitative estimate of drug-likeness (QED) is 0.743. The van der Waals surface area contributed by atoms with Gasteiger partial charge in [-0.15, -0.1) is 24.8 Å². The number of nitrogens with zero attached hydrogens (tertiary/aromatic N) is 2. The number of aromatic nitrogens is 1. The van der Waals surface area contributed by atoms with E-state index in [1.807, 2.05) is 18.5 Å². The molecule has 1 aliphatic rings. The fourth-order valence-electron chi connectivity index (χ4n) is 1.90. The molecule has 4 heteroatoms. The Kier molecular flexibility index (Phi) is 6.09. The molecule has 1 aromatic rings. The van der Waals surface area contributed by atoms with Crippen LogP contribution < -0.4 is 0 Å². The minimum absolute atomic E-state index is 0. The van der Waals surface area contributed by atoms with Crippen molar-refractivity contribution in [3.05, 3.63) is 30.1 Å². The van der Waals surface area contributed by atoms with Crippen LogP contribution in [-0.4, -0.2) is 23.5 Å². The fourth-order valence-corrected chi connectivity index (χ4v) is 1.90. The molecule has 0 saturated carbocycles. The van der Waals surface area contributed by atoms with Crippen molar-refractivity contribution >= 4 is 24.8 Å². The van der Waals surface area contributed by atoms with Crippen molar-refractivity contribution in [2.24, 2.45) is 0 Å². The van der Waals surface area contributed by atoms with Gasteiger partial charge in [0.25, 0.3) is 0 Å². The van der Waals surface area contributed by atoms with Crippen molar-refractivity contribution in [1.29, 1.82) is 0 Å². The third-order valence-corrected chi connectivity index (χ3v) is 2.59. The molecule has 0 N–H and O–H groups in total. The van der Waals surface area contributed by atoms with E-state index in [9.17, 15) is 0 Å². The van der Waals surface area contributed by atoms with Crippen LogP contribution >= 0.6 is 24.8 Å². The van der Waals surface area contributed by atoms with E-state index in [1.54, 1.807) is 0 Å². The highest BCUT2D eigenvalue weighted by atomic mass is 35.5. The lowest BCUT2D eigenvalue weighted by molar-refractivity contribution is 0.317. The van der Waals surface area contributed by atoms with Gasteiger partial charge in [0.1, 0.15) is 0 Å². The van der Waals surface area contributed by atoms with Crippen molar-refractivity contribution in [2.75, 3.05) is 13.6 Å². The Bertz CT molecular complexity index is 254. The smallest absolute Gasteiger partial charge is 0.0360 e. The number of hydrogen-bond acceptors (Lipinski definition) is 2. The maximum Gasteiger partial charge on any atom is 0.0360 e. The number of hydrogen-bond donors (Lipinski definition) is 0. The number of pyridine rings is 1. The highest BCUT2D eigenvalue weighted by molar-refractivity contribution is 5.85. The zero-order chi connectivity index (χ0) is 8.39. The van der Waals surface area contributed by atoms with Gasteiger partial charge < -0.3 is 0 Å². The predicted molar refractivity (Wildman–Crippen MR) is 63.3 cm³/mol. The van der Waals surface area contributed by atoms with E-state index in [4.69, 9.17) is 0 Å². The summed E-state index contributed by atoms with van der Waals surface area (Å²) in [6.45, 7) is 1.22. The molecule has 1 aliphatic heterocycles. The van der Waals surface area contributed by atoms with Crippen LogP contribution in [-0.2, 0) is 0 Å². The Hall–Kier alpha value is -0.310. The summed E-state index contributed by atoms with van der Waals surface area (Å²) < 4.78 is 0. The number of likely N-dealkylation sites (tertiary alicyclic amines) is 1. The number of halogens is 2. The molecule has 1 atom stereocenters. The van der Waals surface area contributed by atoms with Crippen molar-refractivity contribution in [1.82, 2.24) is 9.88 Å². The van der Waals surface area contributed by atoms with Gasteiger partial charge in [0.05, 0.1) is 0 Å². The first-order valence-electron chi connectivity index (χ1n) is 4.48. The highest BCUT2D eigenvalue weighted by Gasteiger charge is 2.21. The predicted octanol–water partition coefficient (Wildman–Crippen LogP) is 2.69. The average molecular weight is 235 g/mol. The van der Waals surface area contributed by atoms with Gasteiger partial charge in [0, 0.05) is 18.4 Å². The van der Waals surface area contributed by atoms with E-state index in [-0.39, 0.29) is 24.8 Å². The van der Waals surface area contributed by atoms with Crippen molar-refractivity contribution in [3.8, 4) is 0 Å². The summed E-state index contributed by atoms with van der Waals surface area (Å²) in [4.78, 5) is 6.54. The first kappa shape index (κ1) is 13.7. The molecular formula is C10H16Cl2N2. The van der Waals surface area contributed by atoms with E-state index < -0.39 is 0 Å². The van der Waals surface area contributed by atoms with E-state index in [0.717, 1.165) is 0 Å². The lowest BCUT2D eigenvalue weighted by Crippen LogP contribution is -2.17. The van der Waals surface area contributed by atoms with Gasteiger partial charge in [-0.25, -0.2) is 0 Å². The largest absolute Gasteiger partial charge is 0.299 e. The third kappa shape index (κ3) is 2.84. The van der Waals surface area contributed by atoms with E-state index in [1.165, 1.54) is 24.9 Å². The molecule has 0 radical (unpaired) electrons. The van der Waals surface area contributed by atoms with Crippen LogP contribution in [0, 0.1) is 0 Å². The molecule has 0 aliphatic carbocycles. The summed E-state index contributed by atoms with van der Waals surface area (Å²) in [6.07, 6.45) is 6.41.